The van der Waals surface area contributed by atoms with E-state index in [1.165, 1.54) is 28.7 Å². The first-order valence-corrected chi connectivity index (χ1v) is 11.1. The Kier molecular flexibility index (Phi) is 5.87. The van der Waals surface area contributed by atoms with Gasteiger partial charge in [0, 0.05) is 21.6 Å². The van der Waals surface area contributed by atoms with E-state index in [1.807, 2.05) is 53.8 Å². The Bertz CT molecular complexity index is 1070. The lowest BCUT2D eigenvalue weighted by molar-refractivity contribution is -0.137. The highest BCUT2D eigenvalue weighted by Crippen LogP contribution is 2.51. The fourth-order valence-electron chi connectivity index (χ4n) is 3.56. The van der Waals surface area contributed by atoms with Gasteiger partial charge < -0.3 is 5.11 Å². The van der Waals surface area contributed by atoms with E-state index in [1.54, 1.807) is 6.07 Å². The van der Waals surface area contributed by atoms with Gasteiger partial charge >= 0.3 is 5.97 Å². The second-order valence-electron chi connectivity index (χ2n) is 8.28. The minimum atomic E-state index is -0.760. The summed E-state index contributed by atoms with van der Waals surface area (Å²) in [6, 6.07) is 17.4. The molecular weight excluding hydrogens is 395 g/mol. The van der Waals surface area contributed by atoms with E-state index in [-0.39, 0.29) is 12.2 Å². The van der Waals surface area contributed by atoms with Gasteiger partial charge in [-0.15, -0.1) is 11.3 Å². The average Bonchev–Trinajstić information content (AvgIpc) is 3.27. The first-order chi connectivity index (χ1) is 14.4. The van der Waals surface area contributed by atoms with Gasteiger partial charge in [-0.3, -0.25) is 4.79 Å². The molecule has 0 radical (unpaired) electrons. The van der Waals surface area contributed by atoms with Crippen LogP contribution in [0.4, 0.5) is 4.39 Å². The largest absolute Gasteiger partial charge is 0.481 e. The summed E-state index contributed by atoms with van der Waals surface area (Å²) in [5, 5.41) is 8.75. The highest BCUT2D eigenvalue weighted by Gasteiger charge is 2.40. The van der Waals surface area contributed by atoms with Crippen LogP contribution in [0.15, 0.2) is 54.6 Å². The van der Waals surface area contributed by atoms with Crippen LogP contribution in [0.3, 0.4) is 0 Å². The Balaban J connectivity index is 1.51. The van der Waals surface area contributed by atoms with Gasteiger partial charge in [0.25, 0.3) is 0 Å². The molecule has 30 heavy (non-hydrogen) atoms. The summed E-state index contributed by atoms with van der Waals surface area (Å²) in [5.74, 6) is -0.998. The summed E-state index contributed by atoms with van der Waals surface area (Å²) in [4.78, 5) is 13.2. The molecule has 0 unspecified atom stereocenters. The van der Waals surface area contributed by atoms with Crippen molar-refractivity contribution in [3.63, 3.8) is 0 Å². The van der Waals surface area contributed by atoms with Crippen molar-refractivity contribution in [2.24, 2.45) is 0 Å². The Morgan fingerprint density at radius 2 is 1.87 bits per heavy atom. The highest BCUT2D eigenvalue weighted by atomic mass is 32.1. The fraction of sp³-hybridized carbons (Fsp3) is 0.269. The monoisotopic (exact) mass is 420 g/mol. The molecule has 4 rings (SSSR count). The molecule has 0 amide bonds. The van der Waals surface area contributed by atoms with Gasteiger partial charge in [-0.25, -0.2) is 4.39 Å². The maximum absolute atomic E-state index is 13.9. The second kappa shape index (κ2) is 8.57. The molecule has 1 N–H and O–H groups in total. The van der Waals surface area contributed by atoms with Crippen LogP contribution in [0.1, 0.15) is 54.2 Å². The zero-order valence-corrected chi connectivity index (χ0v) is 17.8. The van der Waals surface area contributed by atoms with Crippen molar-refractivity contribution in [3.05, 3.63) is 82.0 Å². The summed E-state index contributed by atoms with van der Waals surface area (Å²) in [6.45, 7) is 2.30. The van der Waals surface area contributed by atoms with Crippen LogP contribution >= 0.6 is 11.3 Å². The molecule has 1 aromatic heterocycles. The van der Waals surface area contributed by atoms with E-state index in [4.69, 9.17) is 5.11 Å². The number of carboxylic acid groups (broad SMARTS) is 1. The summed E-state index contributed by atoms with van der Waals surface area (Å²) in [5.41, 5.74) is 4.42. The van der Waals surface area contributed by atoms with Crippen molar-refractivity contribution < 1.29 is 14.3 Å². The first kappa shape index (κ1) is 20.5. The number of carboxylic acids is 1. The molecule has 0 saturated heterocycles. The summed E-state index contributed by atoms with van der Waals surface area (Å²) < 4.78 is 13.9. The second-order valence-corrected chi connectivity index (χ2v) is 9.36. The lowest BCUT2D eigenvalue weighted by atomic mass is 10.0. The Morgan fingerprint density at radius 3 is 2.57 bits per heavy atom. The molecule has 1 saturated carbocycles. The van der Waals surface area contributed by atoms with Crippen molar-refractivity contribution >= 4 is 29.5 Å². The lowest BCUT2D eigenvalue weighted by Crippen LogP contribution is -1.95. The number of thiophene rings is 1. The number of benzene rings is 2. The standard InChI is InChI=1S/C26H25FO2S/c1-26(15-16-26)24-14-13-23(30-24)22-12-11-21(27)17-20(22)10-9-19-7-5-18(6-8-19)3-2-4-25(28)29/h5-14,17H,2-4,15-16H2,1H3,(H,28,29)/b10-9+. The van der Waals surface area contributed by atoms with E-state index < -0.39 is 5.97 Å². The molecule has 1 fully saturated rings. The molecule has 2 aromatic carbocycles. The molecule has 2 nitrogen and oxygen atoms in total. The number of halogens is 1. The smallest absolute Gasteiger partial charge is 0.303 e. The third kappa shape index (κ3) is 4.88. The normalized spacial score (nSPS) is 14.9. The number of aliphatic carboxylic acids is 1. The Morgan fingerprint density at radius 1 is 1.10 bits per heavy atom. The van der Waals surface area contributed by atoms with Crippen LogP contribution < -0.4 is 0 Å². The van der Waals surface area contributed by atoms with Gasteiger partial charge in [0.15, 0.2) is 0 Å². The summed E-state index contributed by atoms with van der Waals surface area (Å²) >= 11 is 1.81. The van der Waals surface area contributed by atoms with Crippen LogP contribution in [0.25, 0.3) is 22.6 Å². The van der Waals surface area contributed by atoms with Gasteiger partial charge in [-0.1, -0.05) is 49.4 Å². The molecule has 4 heteroatoms. The van der Waals surface area contributed by atoms with Crippen molar-refractivity contribution in [1.82, 2.24) is 0 Å². The third-order valence-electron chi connectivity index (χ3n) is 5.77. The van der Waals surface area contributed by atoms with E-state index in [0.29, 0.717) is 11.8 Å². The van der Waals surface area contributed by atoms with Crippen molar-refractivity contribution in [3.8, 4) is 10.4 Å². The predicted octanol–water partition coefficient (Wildman–Crippen LogP) is 7.18. The third-order valence-corrected chi connectivity index (χ3v) is 7.20. The molecule has 1 heterocycles. The summed E-state index contributed by atoms with van der Waals surface area (Å²) in [7, 11) is 0. The number of carbonyl (C=O) groups is 1. The van der Waals surface area contributed by atoms with Crippen molar-refractivity contribution in [1.29, 1.82) is 0 Å². The van der Waals surface area contributed by atoms with Gasteiger partial charge in [0.05, 0.1) is 0 Å². The molecule has 1 aliphatic rings. The number of rotatable bonds is 8. The van der Waals surface area contributed by atoms with Gasteiger partial charge in [-0.2, -0.15) is 0 Å². The van der Waals surface area contributed by atoms with Crippen molar-refractivity contribution in [2.75, 3.05) is 0 Å². The van der Waals surface area contributed by atoms with Crippen LogP contribution in [0.5, 0.6) is 0 Å². The maximum Gasteiger partial charge on any atom is 0.303 e. The van der Waals surface area contributed by atoms with Crippen LogP contribution in [-0.2, 0) is 16.6 Å². The molecule has 154 valence electrons. The minimum absolute atomic E-state index is 0.188. The van der Waals surface area contributed by atoms with Crippen LogP contribution in [-0.4, -0.2) is 11.1 Å². The first-order valence-electron chi connectivity index (χ1n) is 10.3. The lowest BCUT2D eigenvalue weighted by Gasteiger charge is -2.06. The topological polar surface area (TPSA) is 37.3 Å². The Hall–Kier alpha value is -2.72. The van der Waals surface area contributed by atoms with Gasteiger partial charge in [0.1, 0.15) is 5.82 Å². The minimum Gasteiger partial charge on any atom is -0.481 e. The SMILES string of the molecule is CC1(c2ccc(-c3ccc(F)cc3/C=C/c3ccc(CCCC(=O)O)cc3)s2)CC1. The molecule has 1 aliphatic carbocycles. The van der Waals surface area contributed by atoms with E-state index >= 15 is 0 Å². The molecule has 0 atom stereocenters. The van der Waals surface area contributed by atoms with E-state index in [2.05, 4.69) is 19.1 Å². The Labute approximate surface area is 180 Å². The maximum atomic E-state index is 13.9. The number of aryl methyl sites for hydroxylation is 1. The summed E-state index contributed by atoms with van der Waals surface area (Å²) in [6.07, 6.45) is 8.04. The molecule has 3 aromatic rings. The zero-order valence-electron chi connectivity index (χ0n) is 17.0. The molecular formula is C26H25FO2S. The fourth-order valence-corrected chi connectivity index (χ4v) is 4.82. The molecule has 0 bridgehead atoms. The molecule has 0 spiro atoms. The molecule has 0 aliphatic heterocycles. The van der Waals surface area contributed by atoms with E-state index in [9.17, 15) is 9.18 Å². The highest BCUT2D eigenvalue weighted by molar-refractivity contribution is 7.15. The van der Waals surface area contributed by atoms with Crippen molar-refractivity contribution in [2.45, 2.75) is 44.4 Å². The number of hydrogen-bond acceptors (Lipinski definition) is 2. The average molecular weight is 421 g/mol. The number of hydrogen-bond donors (Lipinski definition) is 1. The quantitative estimate of drug-likeness (QED) is 0.392. The van der Waals surface area contributed by atoms with Gasteiger partial charge in [0.2, 0.25) is 0 Å². The van der Waals surface area contributed by atoms with Crippen LogP contribution in [0.2, 0.25) is 0 Å². The zero-order chi connectivity index (χ0) is 21.1. The van der Waals surface area contributed by atoms with E-state index in [0.717, 1.165) is 28.7 Å². The van der Waals surface area contributed by atoms with Gasteiger partial charge in [-0.05, 0) is 72.2 Å². The predicted molar refractivity (Wildman–Crippen MR) is 122 cm³/mol. The van der Waals surface area contributed by atoms with Crippen LogP contribution in [0, 0.1) is 5.82 Å².